The first-order valence-corrected chi connectivity index (χ1v) is 6.79. The van der Waals surface area contributed by atoms with Gasteiger partial charge in [0.25, 0.3) is 0 Å². The molecule has 0 bridgehead atoms. The summed E-state index contributed by atoms with van der Waals surface area (Å²) in [5, 5.41) is 0. The van der Waals surface area contributed by atoms with Crippen LogP contribution < -0.4 is 0 Å². The first kappa shape index (κ1) is 12.5. The van der Waals surface area contributed by atoms with Gasteiger partial charge >= 0.3 is 0 Å². The third-order valence-electron chi connectivity index (χ3n) is 3.20. The van der Waals surface area contributed by atoms with Gasteiger partial charge in [0.1, 0.15) is 5.82 Å². The van der Waals surface area contributed by atoms with E-state index in [1.165, 1.54) is 11.1 Å². The van der Waals surface area contributed by atoms with Crippen molar-refractivity contribution >= 4 is 0 Å². The summed E-state index contributed by atoms with van der Waals surface area (Å²) < 4.78 is 0. The molecule has 0 aliphatic heterocycles. The van der Waals surface area contributed by atoms with Gasteiger partial charge in [-0.25, -0.2) is 9.97 Å². The molecule has 0 unspecified atom stereocenters. The van der Waals surface area contributed by atoms with Crippen LogP contribution in [0.15, 0.2) is 72.9 Å². The van der Waals surface area contributed by atoms with Crippen LogP contribution in [0.5, 0.6) is 0 Å². The second-order valence-corrected chi connectivity index (χ2v) is 4.79. The molecule has 0 saturated carbocycles. The summed E-state index contributed by atoms with van der Waals surface area (Å²) in [6.07, 6.45) is 3.48. The number of rotatable bonds is 4. The largest absolute Gasteiger partial charge is 0.241 e. The number of aromatic nitrogens is 2. The molecule has 0 aliphatic carbocycles. The van der Waals surface area contributed by atoms with E-state index in [-0.39, 0.29) is 0 Å². The average Bonchev–Trinajstić information content (AvgIpc) is 2.50. The van der Waals surface area contributed by atoms with Gasteiger partial charge < -0.3 is 0 Å². The highest BCUT2D eigenvalue weighted by Crippen LogP contribution is 2.09. The minimum absolute atomic E-state index is 0.781. The van der Waals surface area contributed by atoms with Crippen molar-refractivity contribution in [2.75, 3.05) is 0 Å². The minimum atomic E-state index is 0.781. The summed E-state index contributed by atoms with van der Waals surface area (Å²) in [6.45, 7) is 0. The molecule has 0 spiro atoms. The summed E-state index contributed by atoms with van der Waals surface area (Å²) in [6, 6.07) is 22.7. The fourth-order valence-corrected chi connectivity index (χ4v) is 2.21. The van der Waals surface area contributed by atoms with Gasteiger partial charge in [-0.3, -0.25) is 0 Å². The molecular weight excluding hydrogens is 244 g/mol. The van der Waals surface area contributed by atoms with Crippen LogP contribution in [0.3, 0.4) is 0 Å². The highest BCUT2D eigenvalue weighted by Gasteiger charge is 2.02. The number of hydrogen-bond acceptors (Lipinski definition) is 2. The van der Waals surface area contributed by atoms with E-state index >= 15 is 0 Å². The van der Waals surface area contributed by atoms with E-state index in [4.69, 9.17) is 0 Å². The number of nitrogens with zero attached hydrogens (tertiary/aromatic N) is 2. The molecule has 0 fully saturated rings. The van der Waals surface area contributed by atoms with Gasteiger partial charge in [-0.1, -0.05) is 60.7 Å². The van der Waals surface area contributed by atoms with E-state index in [1.807, 2.05) is 36.5 Å². The minimum Gasteiger partial charge on any atom is -0.241 e. The standard InChI is InChI=1S/C18H16N2/c1-3-7-15(8-4-1)13-17-11-12-19-18(20-17)14-16-9-5-2-6-10-16/h1-12H,13-14H2. The number of benzene rings is 2. The lowest BCUT2D eigenvalue weighted by Crippen LogP contribution is -2.00. The van der Waals surface area contributed by atoms with Crippen LogP contribution in [0.2, 0.25) is 0 Å². The van der Waals surface area contributed by atoms with Gasteiger partial charge in [0.05, 0.1) is 0 Å². The monoisotopic (exact) mass is 260 g/mol. The normalized spacial score (nSPS) is 10.4. The Morgan fingerprint density at radius 3 is 1.90 bits per heavy atom. The molecule has 0 radical (unpaired) electrons. The molecule has 3 aromatic rings. The van der Waals surface area contributed by atoms with E-state index < -0.39 is 0 Å². The smallest absolute Gasteiger partial charge is 0.132 e. The fraction of sp³-hybridized carbons (Fsp3) is 0.111. The fourth-order valence-electron chi connectivity index (χ4n) is 2.21. The van der Waals surface area contributed by atoms with Crippen molar-refractivity contribution in [1.29, 1.82) is 0 Å². The Morgan fingerprint density at radius 1 is 0.650 bits per heavy atom. The van der Waals surface area contributed by atoms with Crippen LogP contribution in [0, 0.1) is 0 Å². The zero-order valence-corrected chi connectivity index (χ0v) is 11.2. The molecule has 0 amide bonds. The summed E-state index contributed by atoms with van der Waals surface area (Å²) in [7, 11) is 0. The molecule has 0 saturated heterocycles. The third kappa shape index (κ3) is 3.29. The molecular formula is C18H16N2. The molecule has 1 heterocycles. The predicted molar refractivity (Wildman–Crippen MR) is 80.5 cm³/mol. The molecule has 2 aromatic carbocycles. The quantitative estimate of drug-likeness (QED) is 0.715. The Morgan fingerprint density at radius 2 is 1.25 bits per heavy atom. The van der Waals surface area contributed by atoms with E-state index in [0.717, 1.165) is 24.4 Å². The molecule has 2 nitrogen and oxygen atoms in total. The summed E-state index contributed by atoms with van der Waals surface area (Å²) in [5.41, 5.74) is 3.58. The van der Waals surface area contributed by atoms with Gasteiger partial charge in [-0.15, -0.1) is 0 Å². The van der Waals surface area contributed by atoms with Crippen molar-refractivity contribution in [3.63, 3.8) is 0 Å². The maximum atomic E-state index is 4.65. The molecule has 0 aliphatic rings. The van der Waals surface area contributed by atoms with Gasteiger partial charge in [-0.2, -0.15) is 0 Å². The first-order valence-electron chi connectivity index (χ1n) is 6.79. The Kier molecular flexibility index (Phi) is 3.83. The lowest BCUT2D eigenvalue weighted by atomic mass is 10.1. The van der Waals surface area contributed by atoms with Gasteiger partial charge in [0, 0.05) is 24.7 Å². The van der Waals surface area contributed by atoms with Crippen molar-refractivity contribution in [3.05, 3.63) is 95.6 Å². The van der Waals surface area contributed by atoms with E-state index in [1.54, 1.807) is 0 Å². The average molecular weight is 260 g/mol. The van der Waals surface area contributed by atoms with E-state index in [9.17, 15) is 0 Å². The van der Waals surface area contributed by atoms with E-state index in [2.05, 4.69) is 46.4 Å². The molecule has 2 heteroatoms. The van der Waals surface area contributed by atoms with Crippen molar-refractivity contribution in [1.82, 2.24) is 9.97 Å². The van der Waals surface area contributed by atoms with E-state index in [0.29, 0.717) is 0 Å². The van der Waals surface area contributed by atoms with Crippen molar-refractivity contribution in [2.45, 2.75) is 12.8 Å². The molecule has 1 aromatic heterocycles. The highest BCUT2D eigenvalue weighted by molar-refractivity contribution is 5.23. The summed E-state index contributed by atoms with van der Waals surface area (Å²) in [5.74, 6) is 0.879. The number of hydrogen-bond donors (Lipinski definition) is 0. The van der Waals surface area contributed by atoms with Gasteiger partial charge in [0.2, 0.25) is 0 Å². The van der Waals surface area contributed by atoms with Crippen molar-refractivity contribution in [2.24, 2.45) is 0 Å². The van der Waals surface area contributed by atoms with Crippen molar-refractivity contribution < 1.29 is 0 Å². The van der Waals surface area contributed by atoms with Crippen LogP contribution in [0.25, 0.3) is 0 Å². The summed E-state index contributed by atoms with van der Waals surface area (Å²) in [4.78, 5) is 9.02. The van der Waals surface area contributed by atoms with Crippen molar-refractivity contribution in [3.8, 4) is 0 Å². The van der Waals surface area contributed by atoms with Gasteiger partial charge in [-0.05, 0) is 17.2 Å². The van der Waals surface area contributed by atoms with Crippen LogP contribution in [-0.4, -0.2) is 9.97 Å². The third-order valence-corrected chi connectivity index (χ3v) is 3.20. The first-order chi connectivity index (χ1) is 9.90. The zero-order chi connectivity index (χ0) is 13.6. The van der Waals surface area contributed by atoms with Crippen LogP contribution in [0.1, 0.15) is 22.6 Å². The molecule has 20 heavy (non-hydrogen) atoms. The highest BCUT2D eigenvalue weighted by atomic mass is 14.9. The van der Waals surface area contributed by atoms with Crippen LogP contribution in [0.4, 0.5) is 0 Å². The lowest BCUT2D eigenvalue weighted by molar-refractivity contribution is 0.917. The summed E-state index contributed by atoms with van der Waals surface area (Å²) >= 11 is 0. The predicted octanol–water partition coefficient (Wildman–Crippen LogP) is 3.66. The second kappa shape index (κ2) is 6.11. The Balaban J connectivity index is 1.76. The van der Waals surface area contributed by atoms with Crippen LogP contribution >= 0.6 is 0 Å². The maximum absolute atomic E-state index is 4.65. The maximum Gasteiger partial charge on any atom is 0.132 e. The Bertz CT molecular complexity index is 607. The molecule has 0 N–H and O–H groups in total. The lowest BCUT2D eigenvalue weighted by Gasteiger charge is -2.04. The Hall–Kier alpha value is -2.48. The molecule has 3 rings (SSSR count). The Labute approximate surface area is 119 Å². The molecule has 98 valence electrons. The zero-order valence-electron chi connectivity index (χ0n) is 11.2. The SMILES string of the molecule is c1ccc(Cc2ccnc(Cc3ccccc3)n2)cc1. The second-order valence-electron chi connectivity index (χ2n) is 4.79. The van der Waals surface area contributed by atoms with Gasteiger partial charge in [0.15, 0.2) is 0 Å². The topological polar surface area (TPSA) is 25.8 Å². The molecule has 0 atom stereocenters. The van der Waals surface area contributed by atoms with Crippen LogP contribution in [-0.2, 0) is 12.8 Å².